The van der Waals surface area contributed by atoms with Crippen LogP contribution in [0.4, 0.5) is 14.5 Å². The summed E-state index contributed by atoms with van der Waals surface area (Å²) in [7, 11) is 0. The molecule has 0 aliphatic carbocycles. The number of para-hydroxylation sites is 1. The van der Waals surface area contributed by atoms with Crippen molar-refractivity contribution >= 4 is 5.69 Å². The van der Waals surface area contributed by atoms with Gasteiger partial charge in [0.25, 0.3) is 0 Å². The highest BCUT2D eigenvalue weighted by molar-refractivity contribution is 5.62. The molecule has 3 rings (SSSR count). The molecule has 1 unspecified atom stereocenters. The van der Waals surface area contributed by atoms with E-state index in [2.05, 4.69) is 17.2 Å². The normalized spacial score (nSPS) is 18.9. The smallest absolute Gasteiger partial charge is 0.306 e. The quantitative estimate of drug-likeness (QED) is 0.709. The first kappa shape index (κ1) is 11.7. The van der Waals surface area contributed by atoms with E-state index < -0.39 is 12.0 Å². The summed E-state index contributed by atoms with van der Waals surface area (Å²) in [5.41, 5.74) is 1.21. The van der Waals surface area contributed by atoms with Crippen LogP contribution in [0.2, 0.25) is 0 Å². The zero-order valence-electron chi connectivity index (χ0n) is 10.0. The standard InChI is InChI=1S/C16H11F2N/c17-16(18)13-8-4-5-9-14(13)19-15(16)11-10-12-6-2-1-3-7-12/h1-9,15,19H. The Morgan fingerprint density at radius 1 is 0.947 bits per heavy atom. The maximum atomic E-state index is 14.1. The predicted molar refractivity (Wildman–Crippen MR) is 71.1 cm³/mol. The van der Waals surface area contributed by atoms with Crippen LogP contribution in [0.15, 0.2) is 54.6 Å². The number of rotatable bonds is 0. The molecule has 0 spiro atoms. The number of benzene rings is 2. The lowest BCUT2D eigenvalue weighted by molar-refractivity contribution is 0.000141. The Kier molecular flexibility index (Phi) is 2.72. The predicted octanol–water partition coefficient (Wildman–Crippen LogP) is 3.62. The average molecular weight is 255 g/mol. The molecular formula is C16H11F2N. The van der Waals surface area contributed by atoms with E-state index in [-0.39, 0.29) is 5.56 Å². The van der Waals surface area contributed by atoms with Gasteiger partial charge in [-0.3, -0.25) is 0 Å². The molecule has 0 saturated carbocycles. The van der Waals surface area contributed by atoms with Gasteiger partial charge in [-0.15, -0.1) is 0 Å². The maximum absolute atomic E-state index is 14.1. The third-order valence-corrected chi connectivity index (χ3v) is 3.08. The molecule has 0 radical (unpaired) electrons. The molecular weight excluding hydrogens is 244 g/mol. The molecule has 0 aromatic heterocycles. The topological polar surface area (TPSA) is 12.0 Å². The van der Waals surface area contributed by atoms with Gasteiger partial charge in [-0.1, -0.05) is 48.2 Å². The number of alkyl halides is 2. The highest BCUT2D eigenvalue weighted by Crippen LogP contribution is 2.43. The van der Waals surface area contributed by atoms with Crippen LogP contribution in [-0.4, -0.2) is 6.04 Å². The Bertz CT molecular complexity index is 653. The van der Waals surface area contributed by atoms with E-state index in [1.165, 1.54) is 6.07 Å². The fourth-order valence-electron chi connectivity index (χ4n) is 2.10. The van der Waals surface area contributed by atoms with Crippen molar-refractivity contribution < 1.29 is 8.78 Å². The minimum absolute atomic E-state index is 0.0161. The molecule has 1 aliphatic rings. The van der Waals surface area contributed by atoms with Crippen molar-refractivity contribution in [3.8, 4) is 11.8 Å². The fraction of sp³-hybridized carbons (Fsp3) is 0.125. The molecule has 3 heteroatoms. The molecule has 0 fully saturated rings. The van der Waals surface area contributed by atoms with Gasteiger partial charge in [0.05, 0.1) is 0 Å². The van der Waals surface area contributed by atoms with Crippen molar-refractivity contribution in [1.82, 2.24) is 0 Å². The summed E-state index contributed by atoms with van der Waals surface area (Å²) in [6, 6.07) is 14.4. The van der Waals surface area contributed by atoms with Gasteiger partial charge in [0.15, 0.2) is 6.04 Å². The van der Waals surface area contributed by atoms with E-state index >= 15 is 0 Å². The van der Waals surface area contributed by atoms with Crippen LogP contribution in [0.5, 0.6) is 0 Å². The zero-order chi connectivity index (χ0) is 13.3. The Hall–Kier alpha value is -2.34. The number of hydrogen-bond acceptors (Lipinski definition) is 1. The maximum Gasteiger partial charge on any atom is 0.306 e. The van der Waals surface area contributed by atoms with Gasteiger partial charge in [0, 0.05) is 16.8 Å². The molecule has 2 aromatic rings. The van der Waals surface area contributed by atoms with Crippen molar-refractivity contribution in [1.29, 1.82) is 0 Å². The first-order chi connectivity index (χ1) is 9.18. The van der Waals surface area contributed by atoms with Crippen LogP contribution in [0.25, 0.3) is 0 Å². The van der Waals surface area contributed by atoms with Gasteiger partial charge in [-0.05, 0) is 18.2 Å². The molecule has 19 heavy (non-hydrogen) atoms. The van der Waals surface area contributed by atoms with Crippen molar-refractivity contribution in [3.63, 3.8) is 0 Å². The van der Waals surface area contributed by atoms with Crippen LogP contribution in [-0.2, 0) is 5.92 Å². The second-order valence-electron chi connectivity index (χ2n) is 4.38. The minimum Gasteiger partial charge on any atom is -0.366 e. The van der Waals surface area contributed by atoms with Gasteiger partial charge < -0.3 is 5.32 Å². The molecule has 0 amide bonds. The summed E-state index contributed by atoms with van der Waals surface area (Å²) in [6.07, 6.45) is 0. The molecule has 0 bridgehead atoms. The lowest BCUT2D eigenvalue weighted by Crippen LogP contribution is -2.29. The largest absolute Gasteiger partial charge is 0.366 e. The summed E-state index contributed by atoms with van der Waals surface area (Å²) in [5.74, 6) is 2.45. The molecule has 0 saturated heterocycles. The molecule has 1 aliphatic heterocycles. The number of hydrogen-bond donors (Lipinski definition) is 1. The second-order valence-corrected chi connectivity index (χ2v) is 4.38. The van der Waals surface area contributed by atoms with Crippen molar-refractivity contribution in [2.75, 3.05) is 5.32 Å². The Balaban J connectivity index is 1.92. The zero-order valence-corrected chi connectivity index (χ0v) is 10.0. The Morgan fingerprint density at radius 3 is 2.37 bits per heavy atom. The fourth-order valence-corrected chi connectivity index (χ4v) is 2.10. The van der Waals surface area contributed by atoms with Crippen LogP contribution >= 0.6 is 0 Å². The Labute approximate surface area is 110 Å². The number of halogens is 2. The number of nitrogens with one attached hydrogen (secondary N) is 1. The Morgan fingerprint density at radius 2 is 1.63 bits per heavy atom. The number of anilines is 1. The summed E-state index contributed by atoms with van der Waals surface area (Å²) in [4.78, 5) is 0. The van der Waals surface area contributed by atoms with Gasteiger partial charge >= 0.3 is 5.92 Å². The van der Waals surface area contributed by atoms with Gasteiger partial charge in [0.1, 0.15) is 0 Å². The van der Waals surface area contributed by atoms with Gasteiger partial charge in [0.2, 0.25) is 0 Å². The molecule has 1 heterocycles. The van der Waals surface area contributed by atoms with E-state index in [1.807, 2.05) is 18.2 Å². The third-order valence-electron chi connectivity index (χ3n) is 3.08. The van der Waals surface area contributed by atoms with Crippen LogP contribution in [0.1, 0.15) is 11.1 Å². The van der Waals surface area contributed by atoms with E-state index in [9.17, 15) is 8.78 Å². The molecule has 94 valence electrons. The van der Waals surface area contributed by atoms with Crippen molar-refractivity contribution in [2.24, 2.45) is 0 Å². The number of fused-ring (bicyclic) bond motifs is 1. The second kappa shape index (κ2) is 4.40. The van der Waals surface area contributed by atoms with Crippen molar-refractivity contribution in [3.05, 3.63) is 65.7 Å². The summed E-state index contributed by atoms with van der Waals surface area (Å²) in [5, 5.41) is 2.77. The lowest BCUT2D eigenvalue weighted by atomic mass is 10.1. The highest BCUT2D eigenvalue weighted by atomic mass is 19.3. The highest BCUT2D eigenvalue weighted by Gasteiger charge is 2.47. The summed E-state index contributed by atoms with van der Waals surface area (Å²) < 4.78 is 28.3. The molecule has 1 nitrogen and oxygen atoms in total. The molecule has 1 N–H and O–H groups in total. The first-order valence-corrected chi connectivity index (χ1v) is 5.98. The van der Waals surface area contributed by atoms with E-state index in [0.717, 1.165) is 5.56 Å². The van der Waals surface area contributed by atoms with E-state index in [0.29, 0.717) is 5.69 Å². The van der Waals surface area contributed by atoms with Crippen LogP contribution in [0, 0.1) is 11.8 Å². The van der Waals surface area contributed by atoms with Crippen LogP contribution in [0.3, 0.4) is 0 Å². The summed E-state index contributed by atoms with van der Waals surface area (Å²) >= 11 is 0. The average Bonchev–Trinajstić information content (AvgIpc) is 2.70. The molecule has 2 aromatic carbocycles. The molecule has 1 atom stereocenters. The SMILES string of the molecule is FC1(F)c2ccccc2NC1C#Cc1ccccc1. The third kappa shape index (κ3) is 2.06. The monoisotopic (exact) mass is 255 g/mol. The first-order valence-electron chi connectivity index (χ1n) is 5.98. The van der Waals surface area contributed by atoms with E-state index in [1.54, 1.807) is 30.3 Å². The van der Waals surface area contributed by atoms with Crippen molar-refractivity contribution in [2.45, 2.75) is 12.0 Å². The summed E-state index contributed by atoms with van der Waals surface area (Å²) in [6.45, 7) is 0. The van der Waals surface area contributed by atoms with Gasteiger partial charge in [-0.2, -0.15) is 8.78 Å². The van der Waals surface area contributed by atoms with E-state index in [4.69, 9.17) is 0 Å². The van der Waals surface area contributed by atoms with Gasteiger partial charge in [-0.25, -0.2) is 0 Å². The minimum atomic E-state index is -2.96. The lowest BCUT2D eigenvalue weighted by Gasteiger charge is -2.13. The van der Waals surface area contributed by atoms with Crippen LogP contribution < -0.4 is 5.32 Å².